The maximum atomic E-state index is 11.1. The monoisotopic (exact) mass is 300 g/mol. The maximum absolute atomic E-state index is 11.1. The molecule has 1 aromatic rings. The molecule has 0 bridgehead atoms. The Balaban J connectivity index is 3.28. The van der Waals surface area contributed by atoms with Gasteiger partial charge in [0.05, 0.1) is 12.8 Å². The minimum Gasteiger partial charge on any atom is -0.495 e. The lowest BCUT2D eigenvalue weighted by atomic mass is 10.3. The minimum absolute atomic E-state index is 0.0633. The first-order valence-electron chi connectivity index (χ1n) is 4.07. The van der Waals surface area contributed by atoms with Gasteiger partial charge in [0.15, 0.2) is 0 Å². The molecule has 7 nitrogen and oxygen atoms in total. The average molecular weight is 301 g/mol. The van der Waals surface area contributed by atoms with Crippen LogP contribution in [0.5, 0.6) is 5.75 Å². The summed E-state index contributed by atoms with van der Waals surface area (Å²) in [6.45, 7) is 0. The first kappa shape index (κ1) is 14.0. The lowest BCUT2D eigenvalue weighted by Gasteiger charge is -2.08. The molecular formula is C7H9ClN2O5S2. The SMILES string of the molecule is COc1cc(NS(N)(=O)=O)ccc1S(=O)(=O)Cl. The zero-order valence-electron chi connectivity index (χ0n) is 8.55. The van der Waals surface area contributed by atoms with Gasteiger partial charge in [0.25, 0.3) is 19.3 Å². The van der Waals surface area contributed by atoms with Crippen LogP contribution in [0.3, 0.4) is 0 Å². The molecule has 0 unspecified atom stereocenters. The summed E-state index contributed by atoms with van der Waals surface area (Å²) in [4.78, 5) is -0.262. The third-order valence-electron chi connectivity index (χ3n) is 1.69. The fraction of sp³-hybridized carbons (Fsp3) is 0.143. The van der Waals surface area contributed by atoms with Crippen LogP contribution < -0.4 is 14.6 Å². The number of ether oxygens (including phenoxy) is 1. The summed E-state index contributed by atoms with van der Waals surface area (Å²) in [6.07, 6.45) is 0. The summed E-state index contributed by atoms with van der Waals surface area (Å²) in [5.41, 5.74) is 0.0633. The normalized spacial score (nSPS) is 12.2. The fourth-order valence-corrected chi connectivity index (χ4v) is 2.55. The van der Waals surface area contributed by atoms with Crippen LogP contribution in [-0.4, -0.2) is 23.9 Å². The Hall–Kier alpha value is -1.03. The lowest BCUT2D eigenvalue weighted by molar-refractivity contribution is 0.403. The standard InChI is InChI=1S/C7H9ClN2O5S2/c1-15-6-4-5(10-17(9,13)14)2-3-7(6)16(8,11)12/h2-4,10H,1H3,(H2,9,13,14). The Bertz CT molecular complexity index is 626. The van der Waals surface area contributed by atoms with Crippen LogP contribution >= 0.6 is 10.7 Å². The van der Waals surface area contributed by atoms with Gasteiger partial charge >= 0.3 is 0 Å². The molecule has 0 aliphatic carbocycles. The van der Waals surface area contributed by atoms with Gasteiger partial charge < -0.3 is 4.74 Å². The van der Waals surface area contributed by atoms with E-state index in [-0.39, 0.29) is 16.3 Å². The Morgan fingerprint density at radius 3 is 2.29 bits per heavy atom. The molecule has 3 N–H and O–H groups in total. The van der Waals surface area contributed by atoms with E-state index in [1.807, 2.05) is 4.72 Å². The number of rotatable bonds is 4. The summed E-state index contributed by atoms with van der Waals surface area (Å²) in [7, 11) is -1.53. The molecule has 0 atom stereocenters. The predicted octanol–water partition coefficient (Wildman–Crippen LogP) is 0.238. The highest BCUT2D eigenvalue weighted by molar-refractivity contribution is 8.13. The zero-order valence-corrected chi connectivity index (χ0v) is 10.9. The number of nitrogens with one attached hydrogen (secondary N) is 1. The van der Waals surface area contributed by atoms with E-state index in [4.69, 9.17) is 20.6 Å². The molecule has 0 amide bonds. The Morgan fingerprint density at radius 1 is 1.29 bits per heavy atom. The van der Waals surface area contributed by atoms with E-state index < -0.39 is 19.3 Å². The van der Waals surface area contributed by atoms with Gasteiger partial charge in [-0.25, -0.2) is 13.6 Å². The number of nitrogens with two attached hydrogens (primary N) is 1. The molecule has 17 heavy (non-hydrogen) atoms. The van der Waals surface area contributed by atoms with Gasteiger partial charge in [-0.1, -0.05) is 0 Å². The molecule has 0 saturated carbocycles. The molecular weight excluding hydrogens is 292 g/mol. The number of anilines is 1. The van der Waals surface area contributed by atoms with Gasteiger partial charge in [0, 0.05) is 16.7 Å². The molecule has 0 spiro atoms. The van der Waals surface area contributed by atoms with Crippen molar-refractivity contribution in [3.8, 4) is 5.75 Å². The highest BCUT2D eigenvalue weighted by Gasteiger charge is 2.17. The first-order chi connectivity index (χ1) is 7.63. The van der Waals surface area contributed by atoms with Crippen molar-refractivity contribution in [3.05, 3.63) is 18.2 Å². The van der Waals surface area contributed by atoms with Gasteiger partial charge in [-0.2, -0.15) is 8.42 Å². The third kappa shape index (κ3) is 4.04. The summed E-state index contributed by atoms with van der Waals surface area (Å²) in [6, 6.07) is 3.45. The van der Waals surface area contributed by atoms with Gasteiger partial charge in [0.2, 0.25) is 0 Å². The van der Waals surface area contributed by atoms with Crippen LogP contribution in [0.1, 0.15) is 0 Å². The van der Waals surface area contributed by atoms with Crippen molar-refractivity contribution in [2.45, 2.75) is 4.90 Å². The maximum Gasteiger partial charge on any atom is 0.296 e. The molecule has 0 saturated heterocycles. The van der Waals surface area contributed by atoms with E-state index in [2.05, 4.69) is 0 Å². The van der Waals surface area contributed by atoms with E-state index in [9.17, 15) is 16.8 Å². The van der Waals surface area contributed by atoms with Crippen molar-refractivity contribution in [2.24, 2.45) is 5.14 Å². The van der Waals surface area contributed by atoms with E-state index >= 15 is 0 Å². The van der Waals surface area contributed by atoms with Crippen LogP contribution in [-0.2, 0) is 19.3 Å². The lowest BCUT2D eigenvalue weighted by Crippen LogP contribution is -2.21. The van der Waals surface area contributed by atoms with Crippen molar-refractivity contribution in [1.82, 2.24) is 0 Å². The molecule has 0 fully saturated rings. The average Bonchev–Trinajstić information content (AvgIpc) is 2.13. The second kappa shape index (κ2) is 4.69. The highest BCUT2D eigenvalue weighted by Crippen LogP contribution is 2.29. The van der Waals surface area contributed by atoms with Crippen LogP contribution in [0.4, 0.5) is 5.69 Å². The van der Waals surface area contributed by atoms with Crippen LogP contribution in [0, 0.1) is 0 Å². The minimum atomic E-state index is -3.97. The predicted molar refractivity (Wildman–Crippen MR) is 62.8 cm³/mol. The van der Waals surface area contributed by atoms with Crippen molar-refractivity contribution in [3.63, 3.8) is 0 Å². The van der Waals surface area contributed by atoms with E-state index in [0.29, 0.717) is 0 Å². The molecule has 0 aliphatic rings. The number of halogens is 1. The molecule has 0 aliphatic heterocycles. The second-order valence-corrected chi connectivity index (χ2v) is 6.78. The van der Waals surface area contributed by atoms with E-state index in [0.717, 1.165) is 12.1 Å². The Labute approximate surface area is 103 Å². The topological polar surface area (TPSA) is 116 Å². The first-order valence-corrected chi connectivity index (χ1v) is 7.92. The van der Waals surface area contributed by atoms with E-state index in [1.54, 1.807) is 0 Å². The fourth-order valence-electron chi connectivity index (χ4n) is 1.10. The van der Waals surface area contributed by atoms with E-state index in [1.165, 1.54) is 13.2 Å². The summed E-state index contributed by atoms with van der Waals surface area (Å²) in [5, 5.41) is 4.76. The summed E-state index contributed by atoms with van der Waals surface area (Å²) >= 11 is 0. The van der Waals surface area contributed by atoms with Crippen LogP contribution in [0.2, 0.25) is 0 Å². The van der Waals surface area contributed by atoms with Gasteiger partial charge in [-0.05, 0) is 12.1 Å². The Kier molecular flexibility index (Phi) is 3.87. The highest BCUT2D eigenvalue weighted by atomic mass is 35.7. The van der Waals surface area contributed by atoms with Crippen molar-refractivity contribution < 1.29 is 21.6 Å². The molecule has 1 aromatic carbocycles. The molecule has 96 valence electrons. The molecule has 0 aromatic heterocycles. The largest absolute Gasteiger partial charge is 0.495 e. The van der Waals surface area contributed by atoms with Crippen LogP contribution in [0.15, 0.2) is 23.1 Å². The molecule has 10 heteroatoms. The quantitative estimate of drug-likeness (QED) is 0.773. The second-order valence-electron chi connectivity index (χ2n) is 2.95. The Morgan fingerprint density at radius 2 is 1.88 bits per heavy atom. The molecule has 0 heterocycles. The molecule has 1 rings (SSSR count). The van der Waals surface area contributed by atoms with Crippen molar-refractivity contribution in [1.29, 1.82) is 0 Å². The summed E-state index contributed by atoms with van der Waals surface area (Å²) < 4.78 is 50.5. The summed E-state index contributed by atoms with van der Waals surface area (Å²) in [5.74, 6) is -0.0892. The molecule has 0 radical (unpaired) electrons. The van der Waals surface area contributed by atoms with Gasteiger partial charge in [0.1, 0.15) is 10.6 Å². The number of hydrogen-bond donors (Lipinski definition) is 2. The van der Waals surface area contributed by atoms with Crippen LogP contribution in [0.25, 0.3) is 0 Å². The zero-order chi connectivity index (χ0) is 13.3. The third-order valence-corrected chi connectivity index (χ3v) is 3.57. The smallest absolute Gasteiger partial charge is 0.296 e. The number of benzene rings is 1. The van der Waals surface area contributed by atoms with Gasteiger partial charge in [-0.15, -0.1) is 0 Å². The number of methoxy groups -OCH3 is 1. The van der Waals surface area contributed by atoms with Crippen molar-refractivity contribution >= 4 is 35.6 Å². The number of hydrogen-bond acceptors (Lipinski definition) is 5. The van der Waals surface area contributed by atoms with Gasteiger partial charge in [-0.3, -0.25) is 4.72 Å². The van der Waals surface area contributed by atoms with Crippen molar-refractivity contribution in [2.75, 3.05) is 11.8 Å².